The molecule has 0 radical (unpaired) electrons. The highest BCUT2D eigenvalue weighted by atomic mass is 16.7. The maximum absolute atomic E-state index is 13.4. The van der Waals surface area contributed by atoms with Crippen LogP contribution in [0, 0.1) is 0 Å². The number of carbonyl (C=O) groups is 1. The maximum Gasteiger partial charge on any atom is 0.347 e. The van der Waals surface area contributed by atoms with E-state index in [1.807, 2.05) is 0 Å². The molecule has 234 valence electrons. The van der Waals surface area contributed by atoms with Crippen molar-refractivity contribution in [1.82, 2.24) is 0 Å². The molecule has 1 aromatic heterocycles. The summed E-state index contributed by atoms with van der Waals surface area (Å²) in [6, 6.07) is 8.78. The standard InChI is InChI=1S/C31H38O12/c1-3-4-5-6-7-8-22(30(38)39-2)41-19-13-21(33)25-23(14-19)40-16-20(26(25)34)17-9-11-18(12-10-17)42-31-29(37)28(36)27(35)24(15-32)43-31/h9-14,16,22,24,27-29,31-33,35-37H,3-8,15H2,1-2H3/t22-,24+,27+,28-,29+,31-/m1/s1. The van der Waals surface area contributed by atoms with E-state index in [-0.39, 0.29) is 33.8 Å². The first kappa shape index (κ1) is 32.2. The van der Waals surface area contributed by atoms with Crippen LogP contribution in [0.4, 0.5) is 0 Å². The van der Waals surface area contributed by atoms with Gasteiger partial charge in [0.15, 0.2) is 6.10 Å². The quantitative estimate of drug-likeness (QED) is 0.142. The number of phenols is 1. The van der Waals surface area contributed by atoms with Crippen molar-refractivity contribution < 1.29 is 53.7 Å². The fourth-order valence-electron chi connectivity index (χ4n) is 4.94. The average molecular weight is 603 g/mol. The van der Waals surface area contributed by atoms with Gasteiger partial charge in [-0.15, -0.1) is 0 Å². The van der Waals surface area contributed by atoms with Gasteiger partial charge in [0, 0.05) is 12.1 Å². The monoisotopic (exact) mass is 602 g/mol. The lowest BCUT2D eigenvalue weighted by atomic mass is 9.99. The summed E-state index contributed by atoms with van der Waals surface area (Å²) in [6.45, 7) is 1.53. The maximum atomic E-state index is 13.4. The smallest absolute Gasteiger partial charge is 0.347 e. The van der Waals surface area contributed by atoms with Crippen LogP contribution >= 0.6 is 0 Å². The van der Waals surface area contributed by atoms with E-state index in [2.05, 4.69) is 6.92 Å². The highest BCUT2D eigenvalue weighted by Gasteiger charge is 2.44. The first-order chi connectivity index (χ1) is 20.7. The number of aliphatic hydroxyl groups is 4. The molecule has 1 aliphatic heterocycles. The normalized spacial score (nSPS) is 22.7. The number of benzene rings is 2. The number of phenolic OH excluding ortho intramolecular Hbond substituents is 1. The van der Waals surface area contributed by atoms with E-state index in [1.165, 1.54) is 37.6 Å². The Morgan fingerprint density at radius 3 is 2.37 bits per heavy atom. The van der Waals surface area contributed by atoms with E-state index in [4.69, 9.17) is 23.4 Å². The van der Waals surface area contributed by atoms with E-state index < -0.39 is 54.8 Å². The third kappa shape index (κ3) is 7.46. The first-order valence-corrected chi connectivity index (χ1v) is 14.3. The van der Waals surface area contributed by atoms with Gasteiger partial charge in [0.2, 0.25) is 11.7 Å². The Kier molecular flexibility index (Phi) is 11.0. The molecule has 12 nitrogen and oxygen atoms in total. The molecule has 0 amide bonds. The van der Waals surface area contributed by atoms with Crippen LogP contribution in [0.1, 0.15) is 45.4 Å². The van der Waals surface area contributed by atoms with Crippen LogP contribution in [-0.2, 0) is 14.3 Å². The molecule has 1 saturated heterocycles. The molecule has 3 aromatic rings. The van der Waals surface area contributed by atoms with Crippen LogP contribution in [0.3, 0.4) is 0 Å². The van der Waals surface area contributed by atoms with E-state index in [0.717, 1.165) is 32.1 Å². The molecule has 0 saturated carbocycles. The van der Waals surface area contributed by atoms with Crippen LogP contribution in [0.2, 0.25) is 0 Å². The number of esters is 1. The summed E-state index contributed by atoms with van der Waals surface area (Å²) in [5, 5.41) is 50.1. The number of hydrogen-bond acceptors (Lipinski definition) is 12. The van der Waals surface area contributed by atoms with Gasteiger partial charge in [-0.1, -0.05) is 44.7 Å². The second-order valence-corrected chi connectivity index (χ2v) is 10.5. The molecule has 4 rings (SSSR count). The fourth-order valence-corrected chi connectivity index (χ4v) is 4.94. The van der Waals surface area contributed by atoms with E-state index in [0.29, 0.717) is 12.0 Å². The van der Waals surface area contributed by atoms with Gasteiger partial charge in [-0.25, -0.2) is 4.79 Å². The topological polar surface area (TPSA) is 185 Å². The van der Waals surface area contributed by atoms with Gasteiger partial charge in [0.1, 0.15) is 58.9 Å². The van der Waals surface area contributed by atoms with Gasteiger partial charge in [0.25, 0.3) is 0 Å². The molecule has 2 aromatic carbocycles. The Hall–Kier alpha value is -3.68. The second-order valence-electron chi connectivity index (χ2n) is 10.5. The number of carbonyl (C=O) groups excluding carboxylic acids is 1. The molecule has 12 heteroatoms. The zero-order valence-corrected chi connectivity index (χ0v) is 24.0. The van der Waals surface area contributed by atoms with Crippen molar-refractivity contribution >= 4 is 16.9 Å². The fraction of sp³-hybridized carbons (Fsp3) is 0.484. The highest BCUT2D eigenvalue weighted by Crippen LogP contribution is 2.32. The predicted octanol–water partition coefficient (Wildman–Crippen LogP) is 2.63. The summed E-state index contributed by atoms with van der Waals surface area (Å²) in [5.74, 6) is -0.545. The van der Waals surface area contributed by atoms with Crippen molar-refractivity contribution in [3.05, 3.63) is 52.9 Å². The van der Waals surface area contributed by atoms with Gasteiger partial charge in [-0.2, -0.15) is 0 Å². The van der Waals surface area contributed by atoms with Crippen LogP contribution in [0.5, 0.6) is 17.2 Å². The SMILES string of the molecule is CCCCCCC[C@@H](Oc1cc(O)c2c(=O)c(-c3ccc(O[C@@H]4O[C@@H](CO)[C@H](O)[C@@H](O)[C@@H]4O)cc3)coc2c1)C(=O)OC. The molecule has 0 spiro atoms. The zero-order valence-electron chi connectivity index (χ0n) is 24.0. The number of unbranched alkanes of at least 4 members (excludes halogenated alkanes) is 4. The number of aliphatic hydroxyl groups excluding tert-OH is 4. The minimum atomic E-state index is -1.59. The molecule has 5 N–H and O–H groups in total. The minimum absolute atomic E-state index is 0.0675. The van der Waals surface area contributed by atoms with Crippen LogP contribution in [0.15, 0.2) is 51.9 Å². The Labute approximate surface area is 248 Å². The van der Waals surface area contributed by atoms with Crippen LogP contribution in [-0.4, -0.2) is 82.0 Å². The highest BCUT2D eigenvalue weighted by molar-refractivity contribution is 5.88. The molecular weight excluding hydrogens is 564 g/mol. The van der Waals surface area contributed by atoms with Gasteiger partial charge in [-0.3, -0.25) is 4.79 Å². The number of fused-ring (bicyclic) bond motifs is 1. The molecule has 0 unspecified atom stereocenters. The number of hydrogen-bond donors (Lipinski definition) is 5. The summed E-state index contributed by atoms with van der Waals surface area (Å²) in [7, 11) is 1.28. The lowest BCUT2D eigenvalue weighted by molar-refractivity contribution is -0.277. The van der Waals surface area contributed by atoms with Crippen molar-refractivity contribution in [2.75, 3.05) is 13.7 Å². The number of aromatic hydroxyl groups is 1. The summed E-state index contributed by atoms with van der Waals surface area (Å²) in [6.07, 6.45) is -1.35. The van der Waals surface area contributed by atoms with Crippen molar-refractivity contribution in [3.63, 3.8) is 0 Å². The first-order valence-electron chi connectivity index (χ1n) is 14.3. The molecule has 2 heterocycles. The molecule has 6 atom stereocenters. The Bertz CT molecular complexity index is 1420. The van der Waals surface area contributed by atoms with Crippen LogP contribution < -0.4 is 14.9 Å². The third-order valence-corrected chi connectivity index (χ3v) is 7.41. The lowest BCUT2D eigenvalue weighted by Gasteiger charge is -2.39. The second kappa shape index (κ2) is 14.7. The van der Waals surface area contributed by atoms with E-state index in [9.17, 15) is 35.1 Å². The predicted molar refractivity (Wildman–Crippen MR) is 154 cm³/mol. The molecular formula is C31H38O12. The molecule has 1 fully saturated rings. The number of ether oxygens (including phenoxy) is 4. The summed E-state index contributed by atoms with van der Waals surface area (Å²) in [4.78, 5) is 25.7. The molecule has 0 bridgehead atoms. The Morgan fingerprint density at radius 2 is 1.70 bits per heavy atom. The number of rotatable bonds is 13. The number of methoxy groups -OCH3 is 1. The summed E-state index contributed by atoms with van der Waals surface area (Å²) >= 11 is 0. The van der Waals surface area contributed by atoms with Crippen molar-refractivity contribution in [2.24, 2.45) is 0 Å². The van der Waals surface area contributed by atoms with Crippen LogP contribution in [0.25, 0.3) is 22.1 Å². The van der Waals surface area contributed by atoms with E-state index >= 15 is 0 Å². The van der Waals surface area contributed by atoms with Crippen molar-refractivity contribution in [3.8, 4) is 28.4 Å². The molecule has 43 heavy (non-hydrogen) atoms. The third-order valence-electron chi connectivity index (χ3n) is 7.41. The summed E-state index contributed by atoms with van der Waals surface area (Å²) < 4.78 is 27.4. The lowest BCUT2D eigenvalue weighted by Crippen LogP contribution is -2.60. The van der Waals surface area contributed by atoms with Gasteiger partial charge < -0.3 is 48.9 Å². The van der Waals surface area contributed by atoms with Crippen molar-refractivity contribution in [2.45, 2.75) is 82.3 Å². The Morgan fingerprint density at radius 1 is 0.977 bits per heavy atom. The van der Waals surface area contributed by atoms with Gasteiger partial charge >= 0.3 is 5.97 Å². The Balaban J connectivity index is 1.50. The van der Waals surface area contributed by atoms with Gasteiger partial charge in [-0.05, 0) is 30.5 Å². The largest absolute Gasteiger partial charge is 0.507 e. The van der Waals surface area contributed by atoms with Crippen molar-refractivity contribution in [1.29, 1.82) is 0 Å². The summed E-state index contributed by atoms with van der Waals surface area (Å²) in [5.41, 5.74) is 0.145. The molecule has 0 aliphatic carbocycles. The van der Waals surface area contributed by atoms with Gasteiger partial charge in [0.05, 0.1) is 19.3 Å². The van der Waals surface area contributed by atoms with E-state index in [1.54, 1.807) is 12.1 Å². The zero-order chi connectivity index (χ0) is 31.1. The molecule has 1 aliphatic rings. The average Bonchev–Trinajstić information content (AvgIpc) is 3.00. The minimum Gasteiger partial charge on any atom is -0.507 e.